The van der Waals surface area contributed by atoms with Gasteiger partial charge in [0.25, 0.3) is 0 Å². The van der Waals surface area contributed by atoms with Crippen LogP contribution in [0.15, 0.2) is 0 Å². The second-order valence-electron chi connectivity index (χ2n) is 6.84. The van der Waals surface area contributed by atoms with Crippen LogP contribution in [0.1, 0.15) is 123 Å². The molecule has 2 N–H and O–H groups in total. The van der Waals surface area contributed by atoms with Crippen molar-refractivity contribution in [2.75, 3.05) is 0 Å². The molecule has 0 heterocycles. The standard InChI is InChI=1S/C18H36O2.C3H6O2/c1-2-3-4-5-6-7-8-9-10-11-12-13-14-15-16-17-18(19)20;1-2-3(4)5/h2-17H2,1H3,(H,19,20);2H2,1H3,(H,4,5). The van der Waals surface area contributed by atoms with Crippen molar-refractivity contribution in [3.05, 3.63) is 0 Å². The Balaban J connectivity index is 0. The van der Waals surface area contributed by atoms with E-state index in [1.165, 1.54) is 83.5 Å². The zero-order valence-corrected chi connectivity index (χ0v) is 16.7. The average molecular weight is 359 g/mol. The van der Waals surface area contributed by atoms with Crippen LogP contribution in [0.25, 0.3) is 0 Å². The minimum atomic E-state index is -0.745. The molecule has 25 heavy (non-hydrogen) atoms. The molecule has 0 aromatic heterocycles. The fraction of sp³-hybridized carbons (Fsp3) is 0.905. The van der Waals surface area contributed by atoms with E-state index in [4.69, 9.17) is 10.2 Å². The summed E-state index contributed by atoms with van der Waals surface area (Å²) < 4.78 is 0. The summed E-state index contributed by atoms with van der Waals surface area (Å²) in [7, 11) is 0. The van der Waals surface area contributed by atoms with Gasteiger partial charge in [-0.25, -0.2) is 0 Å². The van der Waals surface area contributed by atoms with Crippen LogP contribution >= 0.6 is 0 Å². The molecule has 0 saturated heterocycles. The zero-order valence-electron chi connectivity index (χ0n) is 16.7. The van der Waals surface area contributed by atoms with Gasteiger partial charge in [-0.3, -0.25) is 9.59 Å². The van der Waals surface area contributed by atoms with Crippen LogP contribution in [0.2, 0.25) is 0 Å². The summed E-state index contributed by atoms with van der Waals surface area (Å²) in [6.07, 6.45) is 20.4. The molecule has 0 radical (unpaired) electrons. The molecular formula is C21H42O4. The van der Waals surface area contributed by atoms with Crippen LogP contribution in [0.4, 0.5) is 0 Å². The molecule has 0 unspecified atom stereocenters. The number of unbranched alkanes of at least 4 members (excludes halogenated alkanes) is 14. The molecule has 150 valence electrons. The molecule has 0 fully saturated rings. The average Bonchev–Trinajstić information content (AvgIpc) is 2.58. The number of hydrogen-bond acceptors (Lipinski definition) is 2. The van der Waals surface area contributed by atoms with Crippen LogP contribution in [-0.2, 0) is 9.59 Å². The van der Waals surface area contributed by atoms with E-state index in [0.29, 0.717) is 6.42 Å². The van der Waals surface area contributed by atoms with Gasteiger partial charge in [0.15, 0.2) is 0 Å². The van der Waals surface area contributed by atoms with Crippen molar-refractivity contribution in [2.24, 2.45) is 0 Å². The van der Waals surface area contributed by atoms with E-state index in [0.717, 1.165) is 12.8 Å². The first-order chi connectivity index (χ1) is 12.0. The number of hydrogen-bond donors (Lipinski definition) is 2. The largest absolute Gasteiger partial charge is 0.481 e. The van der Waals surface area contributed by atoms with E-state index in [1.54, 1.807) is 6.92 Å². The second kappa shape index (κ2) is 22.9. The summed E-state index contributed by atoms with van der Waals surface area (Å²) in [5.74, 6) is -1.40. The molecule has 0 spiro atoms. The molecule has 4 nitrogen and oxygen atoms in total. The molecular weight excluding hydrogens is 316 g/mol. The minimum absolute atomic E-state index is 0.222. The fourth-order valence-electron chi connectivity index (χ4n) is 2.65. The van der Waals surface area contributed by atoms with E-state index in [1.807, 2.05) is 0 Å². The van der Waals surface area contributed by atoms with E-state index in [-0.39, 0.29) is 6.42 Å². The van der Waals surface area contributed by atoms with Gasteiger partial charge in [-0.15, -0.1) is 0 Å². The summed E-state index contributed by atoms with van der Waals surface area (Å²) in [5.41, 5.74) is 0. The molecule has 0 aromatic carbocycles. The second-order valence-corrected chi connectivity index (χ2v) is 6.84. The first-order valence-corrected chi connectivity index (χ1v) is 10.5. The Hall–Kier alpha value is -1.06. The molecule has 4 heteroatoms. The fourth-order valence-corrected chi connectivity index (χ4v) is 2.65. The maximum atomic E-state index is 10.3. The summed E-state index contributed by atoms with van der Waals surface area (Å²) in [5, 5.41) is 16.2. The first-order valence-electron chi connectivity index (χ1n) is 10.5. The van der Waals surface area contributed by atoms with Gasteiger partial charge in [0, 0.05) is 12.8 Å². The summed E-state index contributed by atoms with van der Waals surface area (Å²) in [6, 6.07) is 0. The van der Waals surface area contributed by atoms with Gasteiger partial charge in [-0.1, -0.05) is 104 Å². The Morgan fingerprint density at radius 3 is 1.04 bits per heavy atom. The molecule has 0 aliphatic rings. The third kappa shape index (κ3) is 31.3. The smallest absolute Gasteiger partial charge is 0.303 e. The zero-order chi connectivity index (χ0) is 19.2. The normalized spacial score (nSPS) is 10.2. The van der Waals surface area contributed by atoms with Gasteiger partial charge in [-0.05, 0) is 6.42 Å². The monoisotopic (exact) mass is 358 g/mol. The van der Waals surface area contributed by atoms with Gasteiger partial charge in [0.05, 0.1) is 0 Å². The van der Waals surface area contributed by atoms with Gasteiger partial charge in [0.1, 0.15) is 0 Å². The Bertz CT molecular complexity index is 290. The number of carbonyl (C=O) groups is 2. The van der Waals surface area contributed by atoms with Gasteiger partial charge in [-0.2, -0.15) is 0 Å². The van der Waals surface area contributed by atoms with Crippen LogP contribution in [-0.4, -0.2) is 22.2 Å². The minimum Gasteiger partial charge on any atom is -0.481 e. The number of carboxylic acids is 2. The van der Waals surface area contributed by atoms with E-state index >= 15 is 0 Å². The quantitative estimate of drug-likeness (QED) is 0.280. The van der Waals surface area contributed by atoms with Gasteiger partial charge < -0.3 is 10.2 Å². The lowest BCUT2D eigenvalue weighted by Crippen LogP contribution is -1.93. The number of rotatable bonds is 17. The highest BCUT2D eigenvalue weighted by atomic mass is 16.4. The van der Waals surface area contributed by atoms with Crippen molar-refractivity contribution in [2.45, 2.75) is 123 Å². The van der Waals surface area contributed by atoms with Crippen LogP contribution in [0.5, 0.6) is 0 Å². The Labute approximate surface area is 155 Å². The highest BCUT2D eigenvalue weighted by Crippen LogP contribution is 2.13. The van der Waals surface area contributed by atoms with Crippen LogP contribution in [0, 0.1) is 0 Å². The molecule has 0 atom stereocenters. The summed E-state index contributed by atoms with van der Waals surface area (Å²) in [4.78, 5) is 19.7. The lowest BCUT2D eigenvalue weighted by atomic mass is 10.0. The number of carboxylic acid groups (broad SMARTS) is 2. The molecule has 0 aliphatic heterocycles. The van der Waals surface area contributed by atoms with E-state index in [2.05, 4.69) is 6.92 Å². The van der Waals surface area contributed by atoms with Crippen LogP contribution < -0.4 is 0 Å². The highest BCUT2D eigenvalue weighted by Gasteiger charge is 1.97. The molecule has 0 bridgehead atoms. The Morgan fingerprint density at radius 2 is 0.800 bits per heavy atom. The molecule has 0 aromatic rings. The topological polar surface area (TPSA) is 74.6 Å². The van der Waals surface area contributed by atoms with E-state index < -0.39 is 11.9 Å². The molecule has 0 rings (SSSR count). The van der Waals surface area contributed by atoms with Crippen molar-refractivity contribution in [1.29, 1.82) is 0 Å². The lowest BCUT2D eigenvalue weighted by Gasteiger charge is -2.03. The highest BCUT2D eigenvalue weighted by molar-refractivity contribution is 5.66. The Kier molecular flexibility index (Phi) is 24.0. The molecule has 0 amide bonds. The third-order valence-electron chi connectivity index (χ3n) is 4.30. The van der Waals surface area contributed by atoms with Crippen molar-refractivity contribution in [3.63, 3.8) is 0 Å². The number of aliphatic carboxylic acids is 2. The maximum Gasteiger partial charge on any atom is 0.303 e. The van der Waals surface area contributed by atoms with Crippen molar-refractivity contribution in [1.82, 2.24) is 0 Å². The predicted molar refractivity (Wildman–Crippen MR) is 105 cm³/mol. The van der Waals surface area contributed by atoms with E-state index in [9.17, 15) is 9.59 Å². The molecule has 0 saturated carbocycles. The van der Waals surface area contributed by atoms with Crippen molar-refractivity contribution < 1.29 is 19.8 Å². The lowest BCUT2D eigenvalue weighted by molar-refractivity contribution is -0.137. The summed E-state index contributed by atoms with van der Waals surface area (Å²) in [6.45, 7) is 3.87. The van der Waals surface area contributed by atoms with Gasteiger partial charge >= 0.3 is 11.9 Å². The van der Waals surface area contributed by atoms with Crippen LogP contribution in [0.3, 0.4) is 0 Å². The third-order valence-corrected chi connectivity index (χ3v) is 4.30. The van der Waals surface area contributed by atoms with Gasteiger partial charge in [0.2, 0.25) is 0 Å². The van der Waals surface area contributed by atoms with Crippen molar-refractivity contribution >= 4 is 11.9 Å². The summed E-state index contributed by atoms with van der Waals surface area (Å²) >= 11 is 0. The molecule has 0 aliphatic carbocycles. The predicted octanol–water partition coefficient (Wildman–Crippen LogP) is 6.81. The SMILES string of the molecule is CCC(=O)O.CCCCCCCCCCCCCCCCCC(=O)O. The Morgan fingerprint density at radius 1 is 0.520 bits per heavy atom. The van der Waals surface area contributed by atoms with Crippen molar-refractivity contribution in [3.8, 4) is 0 Å². The maximum absolute atomic E-state index is 10.3. The first kappa shape index (κ1) is 26.2.